The lowest BCUT2D eigenvalue weighted by molar-refractivity contribution is -0.160. The van der Waals surface area contributed by atoms with Crippen LogP contribution < -0.4 is 0 Å². The second-order valence-electron chi connectivity index (χ2n) is 3.98. The van der Waals surface area contributed by atoms with Gasteiger partial charge < -0.3 is 9.47 Å². The Labute approximate surface area is 104 Å². The molecule has 17 heavy (non-hydrogen) atoms. The molecule has 0 amide bonds. The fourth-order valence-corrected chi connectivity index (χ4v) is 2.01. The van der Waals surface area contributed by atoms with Crippen LogP contribution >= 0.6 is 0 Å². The molecule has 0 radical (unpaired) electrons. The molecule has 0 bridgehead atoms. The molecule has 1 unspecified atom stereocenters. The van der Waals surface area contributed by atoms with E-state index in [-0.39, 0.29) is 5.78 Å². The van der Waals surface area contributed by atoms with Crippen molar-refractivity contribution in [2.75, 3.05) is 13.7 Å². The highest BCUT2D eigenvalue weighted by molar-refractivity contribution is 6.03. The first-order chi connectivity index (χ1) is 8.02. The summed E-state index contributed by atoms with van der Waals surface area (Å²) in [6.07, 6.45) is 1.58. The zero-order valence-electron chi connectivity index (χ0n) is 11.5. The molecule has 0 aromatic carbocycles. The van der Waals surface area contributed by atoms with E-state index in [1.807, 2.05) is 20.8 Å². The third-order valence-electron chi connectivity index (χ3n) is 3.28. The number of methoxy groups -OCH3 is 1. The molecule has 4 nitrogen and oxygen atoms in total. The van der Waals surface area contributed by atoms with E-state index in [0.29, 0.717) is 25.9 Å². The lowest BCUT2D eigenvalue weighted by atomic mass is 9.83. The molecule has 0 aliphatic heterocycles. The molecule has 0 aromatic rings. The second kappa shape index (κ2) is 7.43. The van der Waals surface area contributed by atoms with Crippen LogP contribution in [-0.4, -0.2) is 31.1 Å². The number of rotatable bonds is 8. The van der Waals surface area contributed by atoms with Gasteiger partial charge in [-0.25, -0.2) is 0 Å². The van der Waals surface area contributed by atoms with Crippen molar-refractivity contribution in [3.63, 3.8) is 0 Å². The Morgan fingerprint density at radius 1 is 1.12 bits per heavy atom. The van der Waals surface area contributed by atoms with Crippen LogP contribution in [0.3, 0.4) is 0 Å². The van der Waals surface area contributed by atoms with E-state index < -0.39 is 17.5 Å². The van der Waals surface area contributed by atoms with Crippen LogP contribution in [0.5, 0.6) is 0 Å². The molecule has 4 heteroatoms. The highest BCUT2D eigenvalue weighted by Gasteiger charge is 2.42. The highest BCUT2D eigenvalue weighted by Crippen LogP contribution is 2.26. The molecule has 0 aliphatic rings. The smallest absolute Gasteiger partial charge is 0.316 e. The lowest BCUT2D eigenvalue weighted by Crippen LogP contribution is -2.46. The first-order valence-electron chi connectivity index (χ1n) is 6.28. The van der Waals surface area contributed by atoms with Gasteiger partial charge in [0, 0.05) is 7.11 Å². The SMILES string of the molecule is CCOC(=O)C(CC)C(=O)C(CC)(CC)OC. The summed E-state index contributed by atoms with van der Waals surface area (Å²) in [4.78, 5) is 24.1. The van der Waals surface area contributed by atoms with Gasteiger partial charge >= 0.3 is 5.97 Å². The summed E-state index contributed by atoms with van der Waals surface area (Å²) in [5.41, 5.74) is -0.854. The maximum Gasteiger partial charge on any atom is 0.316 e. The molecule has 0 spiro atoms. The minimum atomic E-state index is -0.854. The van der Waals surface area contributed by atoms with Crippen LogP contribution in [0, 0.1) is 5.92 Å². The summed E-state index contributed by atoms with van der Waals surface area (Å²) >= 11 is 0. The number of hydrogen-bond acceptors (Lipinski definition) is 4. The zero-order valence-corrected chi connectivity index (χ0v) is 11.5. The van der Waals surface area contributed by atoms with E-state index >= 15 is 0 Å². The van der Waals surface area contributed by atoms with Crippen molar-refractivity contribution in [3.8, 4) is 0 Å². The van der Waals surface area contributed by atoms with Gasteiger partial charge in [-0.1, -0.05) is 20.8 Å². The normalized spacial score (nSPS) is 13.2. The minimum absolute atomic E-state index is 0.161. The Bertz CT molecular complexity index is 248. The zero-order chi connectivity index (χ0) is 13.5. The van der Waals surface area contributed by atoms with Gasteiger partial charge in [0.1, 0.15) is 11.5 Å². The summed E-state index contributed by atoms with van der Waals surface area (Å²) < 4.78 is 10.3. The molecule has 0 fully saturated rings. The van der Waals surface area contributed by atoms with Gasteiger partial charge in [-0.3, -0.25) is 9.59 Å². The van der Waals surface area contributed by atoms with Gasteiger partial charge in [0.05, 0.1) is 6.61 Å². The summed E-state index contributed by atoms with van der Waals surface area (Å²) in [6.45, 7) is 7.62. The standard InChI is InChI=1S/C13H24O4/c1-6-10(12(15)17-9-4)11(14)13(7-2,8-3)16-5/h10H,6-9H2,1-5H3. The number of hydrogen-bond donors (Lipinski definition) is 0. The Morgan fingerprint density at radius 2 is 1.65 bits per heavy atom. The van der Waals surface area contributed by atoms with Gasteiger partial charge in [-0.05, 0) is 26.2 Å². The number of ketones is 1. The molecule has 0 aromatic heterocycles. The first kappa shape index (κ1) is 16.1. The fourth-order valence-electron chi connectivity index (χ4n) is 2.01. The molecule has 100 valence electrons. The maximum atomic E-state index is 12.4. The largest absolute Gasteiger partial charge is 0.465 e. The second-order valence-corrected chi connectivity index (χ2v) is 3.98. The quantitative estimate of drug-likeness (QED) is 0.486. The first-order valence-corrected chi connectivity index (χ1v) is 6.28. The van der Waals surface area contributed by atoms with Gasteiger partial charge in [0.15, 0.2) is 5.78 Å². The highest BCUT2D eigenvalue weighted by atomic mass is 16.5. The van der Waals surface area contributed by atoms with Crippen LogP contribution in [0.2, 0.25) is 0 Å². The predicted octanol–water partition coefficient (Wildman–Crippen LogP) is 2.35. The van der Waals surface area contributed by atoms with Gasteiger partial charge in [0.2, 0.25) is 0 Å². The third kappa shape index (κ3) is 3.53. The van der Waals surface area contributed by atoms with E-state index in [2.05, 4.69) is 0 Å². The minimum Gasteiger partial charge on any atom is -0.465 e. The van der Waals surface area contributed by atoms with Crippen LogP contribution in [0.1, 0.15) is 47.0 Å². The number of ether oxygens (including phenoxy) is 2. The van der Waals surface area contributed by atoms with Crippen molar-refractivity contribution in [1.82, 2.24) is 0 Å². The molecule has 0 heterocycles. The van der Waals surface area contributed by atoms with Gasteiger partial charge in [-0.15, -0.1) is 0 Å². The van der Waals surface area contributed by atoms with Crippen molar-refractivity contribution in [2.45, 2.75) is 52.6 Å². The molecule has 0 aliphatic carbocycles. The Hall–Kier alpha value is -0.900. The number of carbonyl (C=O) groups is 2. The fraction of sp³-hybridized carbons (Fsp3) is 0.846. The lowest BCUT2D eigenvalue weighted by Gasteiger charge is -2.31. The van der Waals surface area contributed by atoms with Crippen LogP contribution in [0.4, 0.5) is 0 Å². The van der Waals surface area contributed by atoms with E-state index in [0.717, 1.165) is 0 Å². The van der Waals surface area contributed by atoms with Crippen LogP contribution in [0.25, 0.3) is 0 Å². The molecule has 0 rings (SSSR count). The Balaban J connectivity index is 5.01. The van der Waals surface area contributed by atoms with Crippen molar-refractivity contribution in [3.05, 3.63) is 0 Å². The molecular weight excluding hydrogens is 220 g/mol. The molecule has 0 saturated carbocycles. The van der Waals surface area contributed by atoms with E-state index in [4.69, 9.17) is 9.47 Å². The Morgan fingerprint density at radius 3 is 1.94 bits per heavy atom. The number of esters is 1. The summed E-state index contributed by atoms with van der Waals surface area (Å²) in [5.74, 6) is -1.32. The van der Waals surface area contributed by atoms with Gasteiger partial charge in [-0.2, -0.15) is 0 Å². The average Bonchev–Trinajstić information content (AvgIpc) is 2.33. The van der Waals surface area contributed by atoms with E-state index in [9.17, 15) is 9.59 Å². The average molecular weight is 244 g/mol. The van der Waals surface area contributed by atoms with Crippen LogP contribution in [0.15, 0.2) is 0 Å². The number of Topliss-reactive ketones (excluding diaryl/α,β-unsaturated/α-hetero) is 1. The molecule has 0 N–H and O–H groups in total. The maximum absolute atomic E-state index is 12.4. The number of carbonyl (C=O) groups excluding carboxylic acids is 2. The topological polar surface area (TPSA) is 52.6 Å². The monoisotopic (exact) mass is 244 g/mol. The predicted molar refractivity (Wildman–Crippen MR) is 65.7 cm³/mol. The van der Waals surface area contributed by atoms with Crippen molar-refractivity contribution < 1.29 is 19.1 Å². The van der Waals surface area contributed by atoms with E-state index in [1.165, 1.54) is 7.11 Å². The van der Waals surface area contributed by atoms with Crippen molar-refractivity contribution in [1.29, 1.82) is 0 Å². The Kier molecular flexibility index (Phi) is 7.04. The van der Waals surface area contributed by atoms with Gasteiger partial charge in [0.25, 0.3) is 0 Å². The van der Waals surface area contributed by atoms with Crippen molar-refractivity contribution >= 4 is 11.8 Å². The van der Waals surface area contributed by atoms with E-state index in [1.54, 1.807) is 6.92 Å². The van der Waals surface area contributed by atoms with Crippen molar-refractivity contribution in [2.24, 2.45) is 5.92 Å². The third-order valence-corrected chi connectivity index (χ3v) is 3.28. The van der Waals surface area contributed by atoms with Crippen LogP contribution in [-0.2, 0) is 19.1 Å². The molecular formula is C13H24O4. The summed E-state index contributed by atoms with van der Waals surface area (Å²) in [7, 11) is 1.52. The summed E-state index contributed by atoms with van der Waals surface area (Å²) in [5, 5.41) is 0. The molecule has 0 saturated heterocycles. The molecule has 1 atom stereocenters. The summed E-state index contributed by atoms with van der Waals surface area (Å²) in [6, 6.07) is 0.